The van der Waals surface area contributed by atoms with Gasteiger partial charge in [0, 0.05) is 19.2 Å². The Morgan fingerprint density at radius 2 is 2.36 bits per heavy atom. The lowest BCUT2D eigenvalue weighted by atomic mass is 9.93. The van der Waals surface area contributed by atoms with Gasteiger partial charge in [0.05, 0.1) is 0 Å². The predicted octanol–water partition coefficient (Wildman–Crippen LogP) is -0.482. The van der Waals surface area contributed by atoms with Crippen molar-refractivity contribution in [2.24, 2.45) is 5.92 Å². The monoisotopic (exact) mass is 158 g/mol. The van der Waals surface area contributed by atoms with Crippen LogP contribution in [-0.2, 0) is 0 Å². The Labute approximate surface area is 68.4 Å². The molecule has 1 aliphatic rings. The molecule has 1 saturated heterocycles. The van der Waals surface area contributed by atoms with Crippen molar-refractivity contribution >= 4 is 0 Å². The number of nitrogens with zero attached hydrogens (tertiary/aromatic N) is 1. The Morgan fingerprint density at radius 3 is 2.91 bits per heavy atom. The van der Waals surface area contributed by atoms with Crippen molar-refractivity contribution in [2.45, 2.75) is 12.5 Å². The molecule has 1 aliphatic heterocycles. The second-order valence-corrected chi connectivity index (χ2v) is 3.39. The molecule has 0 aliphatic carbocycles. The van der Waals surface area contributed by atoms with Gasteiger partial charge in [0.2, 0.25) is 0 Å². The van der Waals surface area contributed by atoms with Gasteiger partial charge in [0.25, 0.3) is 0 Å². The fourth-order valence-electron chi connectivity index (χ4n) is 1.71. The highest BCUT2D eigenvalue weighted by molar-refractivity contribution is 4.82. The van der Waals surface area contributed by atoms with E-state index < -0.39 is 0 Å². The number of hydrogen-bond acceptors (Lipinski definition) is 3. The van der Waals surface area contributed by atoms with E-state index in [1.807, 2.05) is 7.05 Å². The molecule has 0 amide bonds. The first kappa shape index (κ1) is 8.97. The molecule has 1 fully saturated rings. The lowest BCUT2D eigenvalue weighted by molar-refractivity contribution is 0.114. The molecule has 0 aromatic rings. The van der Waals surface area contributed by atoms with Crippen LogP contribution in [0.4, 0.5) is 0 Å². The highest BCUT2D eigenvalue weighted by Crippen LogP contribution is 2.15. The first-order valence-electron chi connectivity index (χ1n) is 4.24. The summed E-state index contributed by atoms with van der Waals surface area (Å²) in [6, 6.07) is 0.471. The molecular formula is C8H18N2O. The SMILES string of the molecule is CNC1CN(C)CCC1CO. The van der Waals surface area contributed by atoms with Gasteiger partial charge >= 0.3 is 0 Å². The highest BCUT2D eigenvalue weighted by atomic mass is 16.3. The number of piperidine rings is 1. The van der Waals surface area contributed by atoms with Crippen LogP contribution in [0.25, 0.3) is 0 Å². The van der Waals surface area contributed by atoms with Crippen LogP contribution in [0.5, 0.6) is 0 Å². The number of likely N-dealkylation sites (tertiary alicyclic amines) is 1. The summed E-state index contributed by atoms with van der Waals surface area (Å²) in [7, 11) is 4.09. The zero-order valence-corrected chi connectivity index (χ0v) is 7.38. The predicted molar refractivity (Wildman–Crippen MR) is 45.5 cm³/mol. The summed E-state index contributed by atoms with van der Waals surface area (Å²) in [6.45, 7) is 2.49. The molecular weight excluding hydrogens is 140 g/mol. The molecule has 1 heterocycles. The maximum absolute atomic E-state index is 9.02. The minimum absolute atomic E-state index is 0.319. The zero-order chi connectivity index (χ0) is 8.27. The third-order valence-corrected chi connectivity index (χ3v) is 2.56. The van der Waals surface area contributed by atoms with E-state index in [2.05, 4.69) is 17.3 Å². The molecule has 2 unspecified atom stereocenters. The van der Waals surface area contributed by atoms with Crippen LogP contribution in [0.15, 0.2) is 0 Å². The molecule has 0 aromatic heterocycles. The van der Waals surface area contributed by atoms with Crippen molar-refractivity contribution in [3.63, 3.8) is 0 Å². The lowest BCUT2D eigenvalue weighted by Crippen LogP contribution is -2.49. The van der Waals surface area contributed by atoms with Crippen LogP contribution in [0.2, 0.25) is 0 Å². The van der Waals surface area contributed by atoms with Crippen LogP contribution in [0, 0.1) is 5.92 Å². The topological polar surface area (TPSA) is 35.5 Å². The van der Waals surface area contributed by atoms with Crippen LogP contribution in [0.1, 0.15) is 6.42 Å². The largest absolute Gasteiger partial charge is 0.396 e. The van der Waals surface area contributed by atoms with Gasteiger partial charge in [0.15, 0.2) is 0 Å². The minimum Gasteiger partial charge on any atom is -0.396 e. The molecule has 0 saturated carbocycles. The van der Waals surface area contributed by atoms with Gasteiger partial charge in [-0.15, -0.1) is 0 Å². The maximum Gasteiger partial charge on any atom is 0.0475 e. The van der Waals surface area contributed by atoms with Crippen molar-refractivity contribution < 1.29 is 5.11 Å². The fraction of sp³-hybridized carbons (Fsp3) is 1.00. The molecule has 0 radical (unpaired) electrons. The summed E-state index contributed by atoms with van der Waals surface area (Å²) in [5, 5.41) is 12.3. The van der Waals surface area contributed by atoms with Crippen LogP contribution >= 0.6 is 0 Å². The normalized spacial score (nSPS) is 34.1. The van der Waals surface area contributed by atoms with E-state index in [1.165, 1.54) is 0 Å². The number of hydrogen-bond donors (Lipinski definition) is 2. The van der Waals surface area contributed by atoms with Gasteiger partial charge in [-0.05, 0) is 33.0 Å². The van der Waals surface area contributed by atoms with Crippen molar-refractivity contribution in [2.75, 3.05) is 33.8 Å². The highest BCUT2D eigenvalue weighted by Gasteiger charge is 2.25. The Kier molecular flexibility index (Phi) is 3.30. The summed E-state index contributed by atoms with van der Waals surface area (Å²) in [5.41, 5.74) is 0. The van der Waals surface area contributed by atoms with E-state index in [-0.39, 0.29) is 0 Å². The fourth-order valence-corrected chi connectivity index (χ4v) is 1.71. The average molecular weight is 158 g/mol. The van der Waals surface area contributed by atoms with Gasteiger partial charge < -0.3 is 15.3 Å². The molecule has 2 atom stereocenters. The third-order valence-electron chi connectivity index (χ3n) is 2.56. The molecule has 0 bridgehead atoms. The van der Waals surface area contributed by atoms with Gasteiger partial charge in [-0.2, -0.15) is 0 Å². The second kappa shape index (κ2) is 4.04. The summed E-state index contributed by atoms with van der Waals surface area (Å²) in [5.74, 6) is 0.455. The standard InChI is InChI=1S/C8H18N2O/c1-9-8-5-10(2)4-3-7(8)6-11/h7-9,11H,3-6H2,1-2H3. The van der Waals surface area contributed by atoms with E-state index in [9.17, 15) is 0 Å². The van der Waals surface area contributed by atoms with Gasteiger partial charge in [0.1, 0.15) is 0 Å². The number of likely N-dealkylation sites (N-methyl/N-ethyl adjacent to an activating group) is 2. The lowest BCUT2D eigenvalue weighted by Gasteiger charge is -2.35. The molecule has 3 heteroatoms. The van der Waals surface area contributed by atoms with E-state index in [1.54, 1.807) is 0 Å². The molecule has 3 nitrogen and oxygen atoms in total. The van der Waals surface area contributed by atoms with Crippen LogP contribution in [0.3, 0.4) is 0 Å². The first-order valence-corrected chi connectivity index (χ1v) is 4.24. The van der Waals surface area contributed by atoms with Crippen molar-refractivity contribution in [1.29, 1.82) is 0 Å². The molecule has 0 spiro atoms. The average Bonchev–Trinajstić information content (AvgIpc) is 2.04. The van der Waals surface area contributed by atoms with Gasteiger partial charge in [-0.1, -0.05) is 0 Å². The molecule has 0 aromatic carbocycles. The molecule has 66 valence electrons. The Bertz CT molecular complexity index is 119. The minimum atomic E-state index is 0.319. The number of aliphatic hydroxyl groups is 1. The smallest absolute Gasteiger partial charge is 0.0475 e. The summed E-state index contributed by atoms with van der Waals surface area (Å²) in [4.78, 5) is 2.30. The van der Waals surface area contributed by atoms with E-state index in [4.69, 9.17) is 5.11 Å². The Morgan fingerprint density at radius 1 is 1.64 bits per heavy atom. The van der Waals surface area contributed by atoms with Crippen molar-refractivity contribution in [3.05, 3.63) is 0 Å². The second-order valence-electron chi connectivity index (χ2n) is 3.39. The maximum atomic E-state index is 9.02. The quantitative estimate of drug-likeness (QED) is 0.570. The number of aliphatic hydroxyl groups excluding tert-OH is 1. The van der Waals surface area contributed by atoms with E-state index >= 15 is 0 Å². The number of nitrogens with one attached hydrogen (secondary N) is 1. The summed E-state index contributed by atoms with van der Waals surface area (Å²) < 4.78 is 0. The van der Waals surface area contributed by atoms with Crippen LogP contribution < -0.4 is 5.32 Å². The van der Waals surface area contributed by atoms with E-state index in [0.29, 0.717) is 18.6 Å². The molecule has 2 N–H and O–H groups in total. The summed E-state index contributed by atoms with van der Waals surface area (Å²) >= 11 is 0. The Hall–Kier alpha value is -0.120. The van der Waals surface area contributed by atoms with Crippen LogP contribution in [-0.4, -0.2) is 49.8 Å². The third kappa shape index (κ3) is 2.15. The number of rotatable bonds is 2. The van der Waals surface area contributed by atoms with Crippen molar-refractivity contribution in [3.8, 4) is 0 Å². The zero-order valence-electron chi connectivity index (χ0n) is 7.38. The van der Waals surface area contributed by atoms with Gasteiger partial charge in [-0.25, -0.2) is 0 Å². The van der Waals surface area contributed by atoms with Crippen molar-refractivity contribution in [1.82, 2.24) is 10.2 Å². The molecule has 1 rings (SSSR count). The van der Waals surface area contributed by atoms with Gasteiger partial charge in [-0.3, -0.25) is 0 Å². The molecule has 11 heavy (non-hydrogen) atoms. The van der Waals surface area contributed by atoms with E-state index in [0.717, 1.165) is 19.5 Å². The Balaban J connectivity index is 2.41. The first-order chi connectivity index (χ1) is 5.27. The summed E-state index contributed by atoms with van der Waals surface area (Å²) in [6.07, 6.45) is 1.11.